The first kappa shape index (κ1) is 12.9. The van der Waals surface area contributed by atoms with Crippen LogP contribution in [0.3, 0.4) is 0 Å². The van der Waals surface area contributed by atoms with Crippen LogP contribution in [0.15, 0.2) is 0 Å². The summed E-state index contributed by atoms with van der Waals surface area (Å²) in [6, 6.07) is 0.474. The van der Waals surface area contributed by atoms with Crippen LogP contribution in [0.2, 0.25) is 0 Å². The van der Waals surface area contributed by atoms with Gasteiger partial charge in [-0.15, -0.1) is 0 Å². The smallest absolute Gasteiger partial charge is 0.341 e. The van der Waals surface area contributed by atoms with Crippen molar-refractivity contribution in [2.24, 2.45) is 7.05 Å². The molecular weight excluding hydrogens is 232 g/mol. The normalized spacial score (nSPS) is 19.8. The quantitative estimate of drug-likeness (QED) is 0.852. The van der Waals surface area contributed by atoms with Gasteiger partial charge in [-0.05, 0) is 27.4 Å². The summed E-state index contributed by atoms with van der Waals surface area (Å²) in [6.45, 7) is 3.47. The number of aromatic nitrogens is 2. The maximum Gasteiger partial charge on any atom is 0.341 e. The Hall–Kier alpha value is -1.56. The van der Waals surface area contributed by atoms with Crippen LogP contribution in [0.25, 0.3) is 0 Å². The Kier molecular flexibility index (Phi) is 3.30. The van der Waals surface area contributed by atoms with Gasteiger partial charge in [0.25, 0.3) is 0 Å². The third kappa shape index (κ3) is 2.08. The third-order valence-electron chi connectivity index (χ3n) is 3.60. The molecule has 0 spiro atoms. The fraction of sp³-hybridized carbons (Fsp3) is 0.667. The van der Waals surface area contributed by atoms with Crippen LogP contribution < -0.4 is 4.90 Å². The van der Waals surface area contributed by atoms with Crippen molar-refractivity contribution >= 4 is 11.8 Å². The summed E-state index contributed by atoms with van der Waals surface area (Å²) in [5.41, 5.74) is 0.908. The lowest BCUT2D eigenvalue weighted by atomic mass is 10.2. The van der Waals surface area contributed by atoms with E-state index in [4.69, 9.17) is 0 Å². The van der Waals surface area contributed by atoms with Gasteiger partial charge in [0.15, 0.2) is 0 Å². The summed E-state index contributed by atoms with van der Waals surface area (Å²) in [7, 11) is 5.92. The molecule has 2 heterocycles. The molecule has 1 atom stereocenters. The zero-order valence-corrected chi connectivity index (χ0v) is 11.3. The van der Waals surface area contributed by atoms with Gasteiger partial charge in [0.1, 0.15) is 11.4 Å². The summed E-state index contributed by atoms with van der Waals surface area (Å²) < 4.78 is 1.68. The van der Waals surface area contributed by atoms with Gasteiger partial charge in [0, 0.05) is 26.2 Å². The topological polar surface area (TPSA) is 61.6 Å². The number of carbonyl (C=O) groups is 1. The van der Waals surface area contributed by atoms with Crippen molar-refractivity contribution in [2.45, 2.75) is 19.4 Å². The van der Waals surface area contributed by atoms with E-state index in [2.05, 4.69) is 29.0 Å². The first-order valence-electron chi connectivity index (χ1n) is 6.10. The number of aromatic carboxylic acids is 1. The minimum absolute atomic E-state index is 0.330. The Morgan fingerprint density at radius 2 is 2.17 bits per heavy atom. The van der Waals surface area contributed by atoms with E-state index in [9.17, 15) is 9.90 Å². The van der Waals surface area contributed by atoms with Crippen LogP contribution in [0.1, 0.15) is 22.5 Å². The molecule has 1 aromatic rings. The summed E-state index contributed by atoms with van der Waals surface area (Å²) in [5.74, 6) is -0.173. The number of aryl methyl sites for hydroxylation is 2. The molecule has 0 aromatic carbocycles. The first-order valence-corrected chi connectivity index (χ1v) is 6.10. The molecule has 2 rings (SSSR count). The van der Waals surface area contributed by atoms with E-state index in [0.29, 0.717) is 17.3 Å². The van der Waals surface area contributed by atoms with E-state index in [1.165, 1.54) is 0 Å². The van der Waals surface area contributed by atoms with Crippen molar-refractivity contribution in [1.29, 1.82) is 0 Å². The number of hydrogen-bond acceptors (Lipinski definition) is 4. The number of nitrogens with zero attached hydrogens (tertiary/aromatic N) is 4. The van der Waals surface area contributed by atoms with Gasteiger partial charge in [0.05, 0.1) is 5.69 Å². The lowest BCUT2D eigenvalue weighted by Gasteiger charge is -2.22. The number of rotatable bonds is 3. The second-order valence-electron chi connectivity index (χ2n) is 5.06. The number of likely N-dealkylation sites (N-methyl/N-ethyl adjacent to an activating group) is 1. The number of anilines is 1. The predicted octanol–water partition coefficient (Wildman–Crippen LogP) is 0.567. The fourth-order valence-electron chi connectivity index (χ4n) is 2.61. The molecule has 1 fully saturated rings. The van der Waals surface area contributed by atoms with E-state index in [1.54, 1.807) is 18.7 Å². The number of hydrogen-bond donors (Lipinski definition) is 1. The molecule has 18 heavy (non-hydrogen) atoms. The number of carboxylic acid groups (broad SMARTS) is 1. The maximum atomic E-state index is 11.3. The summed E-state index contributed by atoms with van der Waals surface area (Å²) >= 11 is 0. The van der Waals surface area contributed by atoms with Crippen LogP contribution in [0.5, 0.6) is 0 Å². The molecule has 1 aromatic heterocycles. The highest BCUT2D eigenvalue weighted by atomic mass is 16.4. The molecular formula is C12H20N4O2. The molecule has 1 N–H and O–H groups in total. The Morgan fingerprint density at radius 3 is 2.67 bits per heavy atom. The van der Waals surface area contributed by atoms with E-state index in [1.807, 2.05) is 0 Å². The van der Waals surface area contributed by atoms with Gasteiger partial charge in [-0.3, -0.25) is 4.68 Å². The Balaban J connectivity index is 2.32. The standard InChI is InChI=1S/C12H20N4O2/c1-8-10(12(17)18)11(15(4)13-8)16-6-5-9(7-16)14(2)3/h9H,5-7H2,1-4H3,(H,17,18). The highest BCUT2D eigenvalue weighted by molar-refractivity contribution is 5.95. The van der Waals surface area contributed by atoms with E-state index >= 15 is 0 Å². The van der Waals surface area contributed by atoms with Crippen molar-refractivity contribution < 1.29 is 9.90 Å². The minimum atomic E-state index is -0.899. The van der Waals surface area contributed by atoms with Gasteiger partial charge in [-0.1, -0.05) is 0 Å². The molecule has 1 saturated heterocycles. The average molecular weight is 252 g/mol. The van der Waals surface area contributed by atoms with Gasteiger partial charge in [-0.25, -0.2) is 4.79 Å². The lowest BCUT2D eigenvalue weighted by molar-refractivity contribution is 0.0696. The molecule has 1 aliphatic rings. The molecule has 1 aliphatic heterocycles. The van der Waals surface area contributed by atoms with Crippen LogP contribution in [-0.4, -0.2) is 59.0 Å². The summed E-state index contributed by atoms with van der Waals surface area (Å²) in [4.78, 5) is 15.6. The van der Waals surface area contributed by atoms with Crippen LogP contribution in [0, 0.1) is 6.92 Å². The maximum absolute atomic E-state index is 11.3. The molecule has 0 aliphatic carbocycles. The molecule has 6 nitrogen and oxygen atoms in total. The van der Waals surface area contributed by atoms with Crippen molar-refractivity contribution in [3.63, 3.8) is 0 Å². The van der Waals surface area contributed by atoms with Crippen molar-refractivity contribution in [2.75, 3.05) is 32.1 Å². The fourth-order valence-corrected chi connectivity index (χ4v) is 2.61. The third-order valence-corrected chi connectivity index (χ3v) is 3.60. The highest BCUT2D eigenvalue weighted by Crippen LogP contribution is 2.27. The van der Waals surface area contributed by atoms with E-state index < -0.39 is 5.97 Å². The zero-order valence-electron chi connectivity index (χ0n) is 11.3. The first-order chi connectivity index (χ1) is 8.41. The second kappa shape index (κ2) is 4.61. The Morgan fingerprint density at radius 1 is 1.50 bits per heavy atom. The lowest BCUT2D eigenvalue weighted by Crippen LogP contribution is -2.32. The van der Waals surface area contributed by atoms with Crippen LogP contribution in [0.4, 0.5) is 5.82 Å². The van der Waals surface area contributed by atoms with Gasteiger partial charge in [0.2, 0.25) is 0 Å². The Bertz CT molecular complexity index is 467. The molecule has 0 amide bonds. The molecule has 0 bridgehead atoms. The monoisotopic (exact) mass is 252 g/mol. The van der Waals surface area contributed by atoms with Crippen molar-refractivity contribution in [1.82, 2.24) is 14.7 Å². The van der Waals surface area contributed by atoms with Gasteiger partial charge >= 0.3 is 5.97 Å². The molecule has 0 saturated carbocycles. The average Bonchev–Trinajstić information content (AvgIpc) is 2.81. The summed E-state index contributed by atoms with van der Waals surface area (Å²) in [5, 5.41) is 13.5. The largest absolute Gasteiger partial charge is 0.477 e. The molecule has 0 radical (unpaired) electrons. The van der Waals surface area contributed by atoms with E-state index in [0.717, 1.165) is 25.3 Å². The van der Waals surface area contributed by atoms with Gasteiger partial charge < -0.3 is 14.9 Å². The minimum Gasteiger partial charge on any atom is -0.477 e. The predicted molar refractivity (Wildman–Crippen MR) is 69.2 cm³/mol. The molecule has 1 unspecified atom stereocenters. The summed E-state index contributed by atoms with van der Waals surface area (Å²) in [6.07, 6.45) is 1.05. The molecule has 100 valence electrons. The van der Waals surface area contributed by atoms with Gasteiger partial charge in [-0.2, -0.15) is 5.10 Å². The van der Waals surface area contributed by atoms with Crippen LogP contribution in [-0.2, 0) is 7.05 Å². The molecule has 6 heteroatoms. The van der Waals surface area contributed by atoms with Crippen molar-refractivity contribution in [3.8, 4) is 0 Å². The Labute approximate surface area is 107 Å². The highest BCUT2D eigenvalue weighted by Gasteiger charge is 2.30. The van der Waals surface area contributed by atoms with Crippen LogP contribution >= 0.6 is 0 Å². The SMILES string of the molecule is Cc1nn(C)c(N2CCC(N(C)C)C2)c1C(=O)O. The second-order valence-corrected chi connectivity index (χ2v) is 5.06. The van der Waals surface area contributed by atoms with E-state index in [-0.39, 0.29) is 0 Å². The van der Waals surface area contributed by atoms with Crippen molar-refractivity contribution in [3.05, 3.63) is 11.3 Å². The number of carboxylic acids is 1. The zero-order chi connectivity index (χ0) is 13.4.